The van der Waals surface area contributed by atoms with Gasteiger partial charge in [-0.05, 0) is 146 Å². The molecule has 57 heavy (non-hydrogen) atoms. The first-order valence-electron chi connectivity index (χ1n) is 21.1. The lowest BCUT2D eigenvalue weighted by molar-refractivity contribution is 0.613. The largest absolute Gasteiger partial charge is 0.309 e. The van der Waals surface area contributed by atoms with Crippen LogP contribution in [0.3, 0.4) is 0 Å². The van der Waals surface area contributed by atoms with Crippen LogP contribution in [0.25, 0.3) is 60.9 Å². The minimum absolute atomic E-state index is 0.0125. The molecule has 1 aromatic heterocycles. The molecule has 7 aromatic rings. The average molecular weight is 734 g/mol. The van der Waals surface area contributed by atoms with Gasteiger partial charge in [0.2, 0.25) is 0 Å². The summed E-state index contributed by atoms with van der Waals surface area (Å²) < 4.78 is 2.52. The summed E-state index contributed by atoms with van der Waals surface area (Å²) in [4.78, 5) is 0. The molecule has 0 saturated carbocycles. The summed E-state index contributed by atoms with van der Waals surface area (Å²) in [6.07, 6.45) is 15.4. The van der Waals surface area contributed by atoms with Gasteiger partial charge in [0.05, 0.1) is 11.0 Å². The zero-order valence-corrected chi connectivity index (χ0v) is 33.4. The summed E-state index contributed by atoms with van der Waals surface area (Å²) >= 11 is 0. The van der Waals surface area contributed by atoms with E-state index >= 15 is 0 Å². The molecular weight excluding hydrogens is 687 g/mol. The fourth-order valence-corrected chi connectivity index (χ4v) is 11.8. The van der Waals surface area contributed by atoms with E-state index < -0.39 is 0 Å². The minimum atomic E-state index is -0.0136. The van der Waals surface area contributed by atoms with Gasteiger partial charge in [-0.25, -0.2) is 0 Å². The maximum Gasteiger partial charge on any atom is 0.0541 e. The number of benzene rings is 6. The van der Waals surface area contributed by atoms with E-state index in [1.54, 1.807) is 22.3 Å². The normalized spacial score (nSPS) is 19.4. The lowest BCUT2D eigenvalue weighted by atomic mass is 9.76. The monoisotopic (exact) mass is 733 g/mol. The highest BCUT2D eigenvalue weighted by Crippen LogP contribution is 2.57. The highest BCUT2D eigenvalue weighted by Gasteiger charge is 2.44. The summed E-state index contributed by atoms with van der Waals surface area (Å²) in [5.41, 5.74) is 25.5. The van der Waals surface area contributed by atoms with Crippen LogP contribution in [0.5, 0.6) is 0 Å². The maximum atomic E-state index is 2.57. The Balaban J connectivity index is 0.996. The molecule has 5 aliphatic carbocycles. The zero-order valence-electron chi connectivity index (χ0n) is 33.4. The van der Waals surface area contributed by atoms with Crippen molar-refractivity contribution in [2.45, 2.75) is 76.5 Å². The van der Waals surface area contributed by atoms with Gasteiger partial charge in [-0.2, -0.15) is 0 Å². The highest BCUT2D eigenvalue weighted by atomic mass is 15.0. The Morgan fingerprint density at radius 3 is 2.19 bits per heavy atom. The Morgan fingerprint density at radius 2 is 1.35 bits per heavy atom. The van der Waals surface area contributed by atoms with Gasteiger partial charge in [-0.1, -0.05) is 143 Å². The van der Waals surface area contributed by atoms with Crippen molar-refractivity contribution in [3.8, 4) is 27.9 Å². The molecule has 6 aromatic carbocycles. The van der Waals surface area contributed by atoms with Crippen LogP contribution in [0.1, 0.15) is 91.8 Å². The minimum Gasteiger partial charge on any atom is -0.309 e. The number of hydrogen-bond acceptors (Lipinski definition) is 0. The number of aromatic nitrogens is 1. The Morgan fingerprint density at radius 1 is 0.596 bits per heavy atom. The summed E-state index contributed by atoms with van der Waals surface area (Å²) in [5, 5.41) is 2.61. The molecule has 276 valence electrons. The van der Waals surface area contributed by atoms with E-state index in [-0.39, 0.29) is 10.8 Å². The third-order valence-corrected chi connectivity index (χ3v) is 14.6. The predicted octanol–water partition coefficient (Wildman–Crippen LogP) is 14.4. The van der Waals surface area contributed by atoms with Crippen LogP contribution in [0.2, 0.25) is 0 Å². The fourth-order valence-electron chi connectivity index (χ4n) is 11.8. The van der Waals surface area contributed by atoms with Crippen LogP contribution in [0.15, 0.2) is 157 Å². The predicted molar refractivity (Wildman–Crippen MR) is 240 cm³/mol. The lowest BCUT2D eigenvalue weighted by Gasteiger charge is -2.27. The van der Waals surface area contributed by atoms with Crippen LogP contribution >= 0.6 is 0 Å². The topological polar surface area (TPSA) is 4.93 Å². The molecule has 0 spiro atoms. The molecular formula is C56H47N. The summed E-state index contributed by atoms with van der Waals surface area (Å²) in [6, 6.07) is 46.4. The molecule has 0 radical (unpaired) electrons. The Bertz CT molecular complexity index is 3020. The van der Waals surface area contributed by atoms with E-state index in [9.17, 15) is 0 Å². The van der Waals surface area contributed by atoms with E-state index in [4.69, 9.17) is 0 Å². The summed E-state index contributed by atoms with van der Waals surface area (Å²) in [7, 11) is 0. The number of rotatable bonds is 3. The third-order valence-electron chi connectivity index (χ3n) is 14.6. The Labute approximate surface area is 336 Å². The van der Waals surface area contributed by atoms with Gasteiger partial charge >= 0.3 is 0 Å². The van der Waals surface area contributed by atoms with Crippen LogP contribution in [0.4, 0.5) is 0 Å². The van der Waals surface area contributed by atoms with Gasteiger partial charge in [-0.3, -0.25) is 0 Å². The number of hydrogen-bond donors (Lipinski definition) is 0. The quantitative estimate of drug-likeness (QED) is 0.170. The smallest absolute Gasteiger partial charge is 0.0541 e. The summed E-state index contributed by atoms with van der Waals surface area (Å²) in [5.74, 6) is 0.442. The number of allylic oxidation sites excluding steroid dienone is 8. The Kier molecular flexibility index (Phi) is 6.89. The van der Waals surface area contributed by atoms with Gasteiger partial charge < -0.3 is 4.57 Å². The standard InChI is InChI=1S/C56H47N/c1-55(2)48-17-11-10-16-42(48)43-25-22-39(33-51(43)55)57-52-28-20-36(34-12-6-5-7-13-34)30-46(52)47-31-37(21-29-53(47)57)38-19-24-45-50(32-38)56(3,4)49-27-26-41-40-15-9-8-14-35(40)18-23-44(41)54(45)49/h5-9,11-15,17,19-22,25-33,45H,10,16,18,23-24H2,1-4H3. The molecule has 1 unspecified atom stereocenters. The molecule has 5 aliphatic rings. The molecule has 0 aliphatic heterocycles. The molecule has 0 fully saturated rings. The Hall–Kier alpha value is -5.92. The average Bonchev–Trinajstić information content (AvgIpc) is 3.79. The molecule has 1 heteroatoms. The van der Waals surface area contributed by atoms with Crippen molar-refractivity contribution < 1.29 is 0 Å². The van der Waals surface area contributed by atoms with Gasteiger partial charge in [0.15, 0.2) is 0 Å². The van der Waals surface area contributed by atoms with Crippen molar-refractivity contribution in [2.75, 3.05) is 0 Å². The third kappa shape index (κ3) is 4.63. The van der Waals surface area contributed by atoms with Gasteiger partial charge in [0, 0.05) is 33.2 Å². The number of fused-ring (bicyclic) bond motifs is 12. The first-order valence-corrected chi connectivity index (χ1v) is 21.1. The van der Waals surface area contributed by atoms with E-state index in [1.807, 2.05) is 0 Å². The lowest BCUT2D eigenvalue weighted by Crippen LogP contribution is -2.17. The molecule has 0 bridgehead atoms. The fraction of sp³-hybridized carbons (Fsp3) is 0.214. The molecule has 1 heterocycles. The summed E-state index contributed by atoms with van der Waals surface area (Å²) in [6.45, 7) is 9.75. The van der Waals surface area contributed by atoms with Gasteiger partial charge in [0.1, 0.15) is 0 Å². The number of aryl methyl sites for hydroxylation is 1. The first-order chi connectivity index (χ1) is 27.8. The molecule has 1 nitrogen and oxygen atoms in total. The molecule has 0 amide bonds. The van der Waals surface area contributed by atoms with Crippen molar-refractivity contribution in [1.82, 2.24) is 4.57 Å². The van der Waals surface area contributed by atoms with Crippen LogP contribution in [-0.4, -0.2) is 4.57 Å². The SMILES string of the molecule is CC1(C)C2=C(CCC=C2)c2ccc(-n3c4ccc(C5=CCC6C(=C5)C(C)(C)c5ccc7c(c56)CCc5ccccc5-7)cc4c4cc(-c5ccccc5)ccc43)cc21. The van der Waals surface area contributed by atoms with Crippen LogP contribution < -0.4 is 0 Å². The molecule has 1 atom stereocenters. The van der Waals surface area contributed by atoms with E-state index in [0.717, 1.165) is 32.1 Å². The molecule has 12 rings (SSSR count). The van der Waals surface area contributed by atoms with Crippen molar-refractivity contribution in [1.29, 1.82) is 0 Å². The second-order valence-electron chi connectivity index (χ2n) is 18.2. The van der Waals surface area contributed by atoms with Crippen molar-refractivity contribution >= 4 is 33.0 Å². The van der Waals surface area contributed by atoms with Crippen molar-refractivity contribution in [2.24, 2.45) is 0 Å². The van der Waals surface area contributed by atoms with Crippen LogP contribution in [0, 0.1) is 0 Å². The van der Waals surface area contributed by atoms with Crippen molar-refractivity contribution in [3.63, 3.8) is 0 Å². The van der Waals surface area contributed by atoms with E-state index in [0.29, 0.717) is 5.92 Å². The van der Waals surface area contributed by atoms with E-state index in [1.165, 1.54) is 88.7 Å². The van der Waals surface area contributed by atoms with Gasteiger partial charge in [-0.15, -0.1) is 0 Å². The second-order valence-corrected chi connectivity index (χ2v) is 18.2. The zero-order chi connectivity index (χ0) is 38.2. The van der Waals surface area contributed by atoms with E-state index in [2.05, 4.69) is 178 Å². The first kappa shape index (κ1) is 33.2. The maximum absolute atomic E-state index is 2.57. The van der Waals surface area contributed by atoms with Crippen molar-refractivity contribution in [3.05, 3.63) is 196 Å². The highest BCUT2D eigenvalue weighted by molar-refractivity contribution is 6.11. The molecule has 0 saturated heterocycles. The van der Waals surface area contributed by atoms with Crippen LogP contribution in [-0.2, 0) is 23.7 Å². The number of nitrogens with zero attached hydrogens (tertiary/aromatic N) is 1. The molecule has 0 N–H and O–H groups in total. The second kappa shape index (κ2) is 11.8. The van der Waals surface area contributed by atoms with Gasteiger partial charge in [0.25, 0.3) is 0 Å².